The zero-order chi connectivity index (χ0) is 12.3. The third kappa shape index (κ3) is 2.95. The zero-order valence-electron chi connectivity index (χ0n) is 9.65. The Kier molecular flexibility index (Phi) is 3.63. The normalized spacial score (nSPS) is 22.9. The second-order valence-electron chi connectivity index (χ2n) is 4.36. The van der Waals surface area contributed by atoms with Gasteiger partial charge in [0.1, 0.15) is 0 Å². The molecule has 0 N–H and O–H groups in total. The van der Waals surface area contributed by atoms with Crippen molar-refractivity contribution in [3.05, 3.63) is 0 Å². The first kappa shape index (κ1) is 12.3. The molecule has 6 heteroatoms. The van der Waals surface area contributed by atoms with E-state index in [1.807, 2.05) is 0 Å². The Balaban J connectivity index is 1.78. The first-order valence-corrected chi connectivity index (χ1v) is 5.87. The third-order valence-electron chi connectivity index (χ3n) is 3.23. The molecule has 1 amide bonds. The summed E-state index contributed by atoms with van der Waals surface area (Å²) in [5.41, 5.74) is 0. The molecule has 0 radical (unpaired) electrons. The number of hydrogen-bond donors (Lipinski definition) is 0. The van der Waals surface area contributed by atoms with Crippen molar-refractivity contribution in [1.82, 2.24) is 4.90 Å². The summed E-state index contributed by atoms with van der Waals surface area (Å²) in [5.74, 6) is -1.82. The molecule has 0 unspecified atom stereocenters. The van der Waals surface area contributed by atoms with E-state index in [9.17, 15) is 14.7 Å². The van der Waals surface area contributed by atoms with Crippen LogP contribution in [0.2, 0.25) is 0 Å². The van der Waals surface area contributed by atoms with Crippen molar-refractivity contribution in [3.63, 3.8) is 0 Å². The first-order chi connectivity index (χ1) is 8.11. The minimum Gasteiger partial charge on any atom is -0.550 e. The lowest BCUT2D eigenvalue weighted by atomic mass is 10.0. The fraction of sp³-hybridized carbons (Fsp3) is 0.818. The zero-order valence-corrected chi connectivity index (χ0v) is 9.65. The van der Waals surface area contributed by atoms with Gasteiger partial charge in [-0.2, -0.15) is 0 Å². The Morgan fingerprint density at radius 1 is 1.12 bits per heavy atom. The summed E-state index contributed by atoms with van der Waals surface area (Å²) in [4.78, 5) is 23.6. The van der Waals surface area contributed by atoms with Crippen LogP contribution >= 0.6 is 0 Å². The molecular formula is C11H16NO5-. The number of carboxylic acid groups (broad SMARTS) is 1. The molecule has 0 bridgehead atoms. The van der Waals surface area contributed by atoms with Gasteiger partial charge in [0.2, 0.25) is 5.91 Å². The molecule has 6 nitrogen and oxygen atoms in total. The highest BCUT2D eigenvalue weighted by Gasteiger charge is 2.40. The fourth-order valence-corrected chi connectivity index (χ4v) is 2.25. The highest BCUT2D eigenvalue weighted by molar-refractivity contribution is 5.80. The van der Waals surface area contributed by atoms with Gasteiger partial charge in [0.15, 0.2) is 5.79 Å². The smallest absolute Gasteiger partial charge is 0.222 e. The van der Waals surface area contributed by atoms with Crippen molar-refractivity contribution in [2.75, 3.05) is 26.3 Å². The summed E-state index contributed by atoms with van der Waals surface area (Å²) < 4.78 is 11.1. The summed E-state index contributed by atoms with van der Waals surface area (Å²) in [5, 5.41) is 10.3. The van der Waals surface area contributed by atoms with Crippen molar-refractivity contribution in [3.8, 4) is 0 Å². The predicted molar refractivity (Wildman–Crippen MR) is 54.7 cm³/mol. The number of nitrogens with zero attached hydrogens (tertiary/aromatic N) is 1. The van der Waals surface area contributed by atoms with Crippen LogP contribution in [0.1, 0.15) is 25.7 Å². The number of piperidine rings is 1. The van der Waals surface area contributed by atoms with Gasteiger partial charge in [-0.25, -0.2) is 0 Å². The second kappa shape index (κ2) is 5.01. The van der Waals surface area contributed by atoms with Crippen LogP contribution in [-0.4, -0.2) is 48.9 Å². The second-order valence-corrected chi connectivity index (χ2v) is 4.36. The molecule has 0 aromatic heterocycles. The van der Waals surface area contributed by atoms with Crippen LogP contribution in [0.25, 0.3) is 0 Å². The van der Waals surface area contributed by atoms with E-state index in [-0.39, 0.29) is 18.7 Å². The molecule has 2 aliphatic rings. The minimum atomic E-state index is -1.19. The summed E-state index contributed by atoms with van der Waals surface area (Å²) in [6.07, 6.45) is 1.11. The highest BCUT2D eigenvalue weighted by Crippen LogP contribution is 2.31. The van der Waals surface area contributed by atoms with Crippen molar-refractivity contribution >= 4 is 11.9 Å². The number of carbonyl (C=O) groups excluding carboxylic acids is 2. The molecule has 96 valence electrons. The number of carboxylic acids is 1. The lowest BCUT2D eigenvalue weighted by Crippen LogP contribution is -2.47. The first-order valence-electron chi connectivity index (χ1n) is 5.87. The summed E-state index contributed by atoms with van der Waals surface area (Å²) in [7, 11) is 0. The van der Waals surface area contributed by atoms with Crippen LogP contribution in [0.15, 0.2) is 0 Å². The van der Waals surface area contributed by atoms with Crippen LogP contribution in [0.5, 0.6) is 0 Å². The van der Waals surface area contributed by atoms with Crippen molar-refractivity contribution in [2.24, 2.45) is 0 Å². The van der Waals surface area contributed by atoms with E-state index in [4.69, 9.17) is 9.47 Å². The lowest BCUT2D eigenvalue weighted by Gasteiger charge is -2.37. The topological polar surface area (TPSA) is 78.9 Å². The number of aliphatic carboxylic acids is 1. The van der Waals surface area contributed by atoms with E-state index in [0.29, 0.717) is 39.1 Å². The molecule has 2 aliphatic heterocycles. The average molecular weight is 242 g/mol. The summed E-state index contributed by atoms with van der Waals surface area (Å²) >= 11 is 0. The van der Waals surface area contributed by atoms with E-state index in [2.05, 4.69) is 0 Å². The van der Waals surface area contributed by atoms with E-state index < -0.39 is 11.8 Å². The van der Waals surface area contributed by atoms with Gasteiger partial charge in [-0.1, -0.05) is 0 Å². The maximum Gasteiger partial charge on any atom is 0.222 e. The van der Waals surface area contributed by atoms with Crippen LogP contribution in [-0.2, 0) is 19.1 Å². The van der Waals surface area contributed by atoms with Crippen LogP contribution in [0.3, 0.4) is 0 Å². The number of carbonyl (C=O) groups is 2. The number of amides is 1. The summed E-state index contributed by atoms with van der Waals surface area (Å²) in [6, 6.07) is 0. The van der Waals surface area contributed by atoms with Gasteiger partial charge in [0, 0.05) is 38.3 Å². The standard InChI is InChI=1S/C11H17NO5/c13-9(1-2-10(14)15)12-5-3-11(4-6-12)16-7-8-17-11/h1-8H2,(H,14,15)/p-1. The molecule has 0 atom stereocenters. The van der Waals surface area contributed by atoms with Gasteiger partial charge in [-0.3, -0.25) is 4.79 Å². The number of rotatable bonds is 3. The molecule has 2 saturated heterocycles. The van der Waals surface area contributed by atoms with Gasteiger partial charge in [-0.15, -0.1) is 0 Å². The Labute approximate surface area is 99.5 Å². The highest BCUT2D eigenvalue weighted by atomic mass is 16.7. The van der Waals surface area contributed by atoms with Crippen molar-refractivity contribution in [1.29, 1.82) is 0 Å². The molecule has 0 aromatic carbocycles. The quantitative estimate of drug-likeness (QED) is 0.626. The Morgan fingerprint density at radius 2 is 1.71 bits per heavy atom. The van der Waals surface area contributed by atoms with E-state index in [1.165, 1.54) is 0 Å². The molecular weight excluding hydrogens is 226 g/mol. The molecule has 0 aliphatic carbocycles. The monoisotopic (exact) mass is 242 g/mol. The Morgan fingerprint density at radius 3 is 2.24 bits per heavy atom. The van der Waals surface area contributed by atoms with Gasteiger partial charge in [0.25, 0.3) is 0 Å². The van der Waals surface area contributed by atoms with Gasteiger partial charge < -0.3 is 24.3 Å². The maximum absolute atomic E-state index is 11.7. The van der Waals surface area contributed by atoms with E-state index in [0.717, 1.165) is 0 Å². The number of ether oxygens (including phenoxy) is 2. The molecule has 2 fully saturated rings. The summed E-state index contributed by atoms with van der Waals surface area (Å²) in [6.45, 7) is 2.34. The molecule has 0 aromatic rings. The van der Waals surface area contributed by atoms with E-state index >= 15 is 0 Å². The molecule has 0 saturated carbocycles. The number of hydrogen-bond acceptors (Lipinski definition) is 5. The molecule has 2 rings (SSSR count). The SMILES string of the molecule is O=C([O-])CCC(=O)N1CCC2(CC1)OCCO2. The fourth-order valence-electron chi connectivity index (χ4n) is 2.25. The average Bonchev–Trinajstić information content (AvgIpc) is 2.75. The number of likely N-dealkylation sites (tertiary alicyclic amines) is 1. The minimum absolute atomic E-state index is 0.0110. The van der Waals surface area contributed by atoms with E-state index in [1.54, 1.807) is 4.90 Å². The van der Waals surface area contributed by atoms with Gasteiger partial charge in [-0.05, 0) is 6.42 Å². The Hall–Kier alpha value is -1.14. The van der Waals surface area contributed by atoms with Crippen LogP contribution < -0.4 is 5.11 Å². The maximum atomic E-state index is 11.7. The van der Waals surface area contributed by atoms with Gasteiger partial charge in [0.05, 0.1) is 13.2 Å². The third-order valence-corrected chi connectivity index (χ3v) is 3.23. The van der Waals surface area contributed by atoms with Crippen LogP contribution in [0, 0.1) is 0 Å². The van der Waals surface area contributed by atoms with Crippen molar-refractivity contribution < 1.29 is 24.2 Å². The predicted octanol–water partition coefficient (Wildman–Crippen LogP) is -1.12. The van der Waals surface area contributed by atoms with Crippen LogP contribution in [0.4, 0.5) is 0 Å². The molecule has 1 spiro atoms. The molecule has 17 heavy (non-hydrogen) atoms. The Bertz CT molecular complexity index is 301. The largest absolute Gasteiger partial charge is 0.550 e. The van der Waals surface area contributed by atoms with Crippen molar-refractivity contribution in [2.45, 2.75) is 31.5 Å². The van der Waals surface area contributed by atoms with Gasteiger partial charge >= 0.3 is 0 Å². The lowest BCUT2D eigenvalue weighted by molar-refractivity contribution is -0.305. The molecule has 2 heterocycles.